The number of aromatic carboxylic acids is 1. The van der Waals surface area contributed by atoms with Gasteiger partial charge in [0.05, 0.1) is 17.7 Å². The summed E-state index contributed by atoms with van der Waals surface area (Å²) >= 11 is 0. The summed E-state index contributed by atoms with van der Waals surface area (Å²) in [6, 6.07) is 17.4. The second-order valence-corrected chi connectivity index (χ2v) is 7.87. The zero-order valence-electron chi connectivity index (χ0n) is 18.8. The minimum absolute atomic E-state index is 0.0354. The number of nitrogens with one attached hydrogen (secondary N) is 1. The number of carboxylic acids is 1. The molecule has 0 saturated carbocycles. The lowest BCUT2D eigenvalue weighted by molar-refractivity contribution is 0.0692. The first-order chi connectivity index (χ1) is 16.6. The van der Waals surface area contributed by atoms with Gasteiger partial charge in [0.25, 0.3) is 5.91 Å². The predicted octanol–water partition coefficient (Wildman–Crippen LogP) is 4.68. The van der Waals surface area contributed by atoms with E-state index in [1.807, 2.05) is 24.3 Å². The summed E-state index contributed by atoms with van der Waals surface area (Å²) in [5.41, 5.74) is 2.58. The lowest BCUT2D eigenvalue weighted by atomic mass is 10.1. The highest BCUT2D eigenvalue weighted by atomic mass is 16.4. The number of hydrogen-bond donors (Lipinski definition) is 2. The number of nitrogens with zero attached hydrogens (tertiary/aromatic N) is 4. The predicted molar refractivity (Wildman–Crippen MR) is 129 cm³/mol. The molecule has 0 radical (unpaired) electrons. The Bertz CT molecular complexity index is 1280. The van der Waals surface area contributed by atoms with Crippen LogP contribution >= 0.6 is 0 Å². The van der Waals surface area contributed by atoms with Crippen molar-refractivity contribution in [2.24, 2.45) is 0 Å². The Labute approximate surface area is 197 Å². The number of carbonyl (C=O) groups is 2. The number of carbonyl (C=O) groups excluding carboxylic acids is 1. The van der Waals surface area contributed by atoms with Crippen molar-refractivity contribution in [2.75, 3.05) is 5.32 Å². The lowest BCUT2D eigenvalue weighted by Crippen LogP contribution is -2.16. The molecule has 0 bridgehead atoms. The Hall–Kier alpha value is -4.33. The number of anilines is 1. The van der Waals surface area contributed by atoms with Gasteiger partial charge in [0, 0.05) is 30.1 Å². The summed E-state index contributed by atoms with van der Waals surface area (Å²) in [6.07, 6.45) is 6.42. The second kappa shape index (κ2) is 10.5. The number of carboxylic acid groups (broad SMARTS) is 1. The first-order valence-electron chi connectivity index (χ1n) is 11.1. The average Bonchev–Trinajstić information content (AvgIpc) is 3.26. The third-order valence-electron chi connectivity index (χ3n) is 5.46. The summed E-state index contributed by atoms with van der Waals surface area (Å²) < 4.78 is 2.10. The number of aryl methyl sites for hydroxylation is 1. The molecule has 2 N–H and O–H groups in total. The van der Waals surface area contributed by atoms with Crippen molar-refractivity contribution in [3.63, 3.8) is 0 Å². The van der Waals surface area contributed by atoms with Crippen molar-refractivity contribution in [1.82, 2.24) is 19.7 Å². The zero-order chi connectivity index (χ0) is 23.9. The van der Waals surface area contributed by atoms with Crippen molar-refractivity contribution in [3.05, 3.63) is 95.6 Å². The van der Waals surface area contributed by atoms with E-state index in [0.717, 1.165) is 42.0 Å². The highest BCUT2D eigenvalue weighted by molar-refractivity contribution is 6.10. The van der Waals surface area contributed by atoms with E-state index in [2.05, 4.69) is 32.0 Å². The third-order valence-corrected chi connectivity index (χ3v) is 5.46. The fourth-order valence-corrected chi connectivity index (χ4v) is 3.67. The quantitative estimate of drug-likeness (QED) is 0.379. The number of rotatable bonds is 9. The standard InChI is InChI=1S/C26H25N5O3/c1-2-3-10-23-29-30-24(19-7-6-15-27-16-19)31(23)17-18-11-13-20(14-12-18)28-25(32)21-8-4-5-9-22(21)26(33)34/h4-9,11-16H,2-3,10,17H2,1H3,(H,28,32)(H,33,34). The number of unbranched alkanes of at least 4 members (excludes halogenated alkanes) is 1. The summed E-state index contributed by atoms with van der Waals surface area (Å²) in [4.78, 5) is 28.2. The van der Waals surface area contributed by atoms with Crippen LogP contribution in [0.15, 0.2) is 73.1 Å². The molecule has 172 valence electrons. The van der Waals surface area contributed by atoms with E-state index >= 15 is 0 Å². The van der Waals surface area contributed by atoms with Gasteiger partial charge in [0.15, 0.2) is 5.82 Å². The highest BCUT2D eigenvalue weighted by Gasteiger charge is 2.17. The third kappa shape index (κ3) is 5.17. The van der Waals surface area contributed by atoms with Gasteiger partial charge in [0.1, 0.15) is 5.82 Å². The molecule has 0 saturated heterocycles. The number of pyridine rings is 1. The minimum Gasteiger partial charge on any atom is -0.478 e. The maximum Gasteiger partial charge on any atom is 0.336 e. The summed E-state index contributed by atoms with van der Waals surface area (Å²) in [6.45, 7) is 2.72. The van der Waals surface area contributed by atoms with Gasteiger partial charge < -0.3 is 15.0 Å². The minimum atomic E-state index is -1.14. The molecule has 1 amide bonds. The fraction of sp³-hybridized carbons (Fsp3) is 0.192. The van der Waals surface area contributed by atoms with Gasteiger partial charge in [-0.25, -0.2) is 4.79 Å². The van der Waals surface area contributed by atoms with Crippen LogP contribution in [-0.2, 0) is 13.0 Å². The zero-order valence-corrected chi connectivity index (χ0v) is 18.8. The molecule has 0 unspecified atom stereocenters. The second-order valence-electron chi connectivity index (χ2n) is 7.87. The molecule has 4 aromatic rings. The Morgan fingerprint density at radius 3 is 2.41 bits per heavy atom. The van der Waals surface area contributed by atoms with Crippen molar-refractivity contribution < 1.29 is 14.7 Å². The number of amides is 1. The van der Waals surface area contributed by atoms with Crippen LogP contribution in [0.2, 0.25) is 0 Å². The van der Waals surface area contributed by atoms with E-state index in [9.17, 15) is 14.7 Å². The van der Waals surface area contributed by atoms with Gasteiger partial charge in [-0.15, -0.1) is 10.2 Å². The molecule has 0 spiro atoms. The van der Waals surface area contributed by atoms with Crippen LogP contribution < -0.4 is 5.32 Å². The van der Waals surface area contributed by atoms with Gasteiger partial charge in [-0.2, -0.15) is 0 Å². The van der Waals surface area contributed by atoms with Crippen molar-refractivity contribution in [1.29, 1.82) is 0 Å². The first kappa shape index (κ1) is 22.8. The van der Waals surface area contributed by atoms with Gasteiger partial charge in [0.2, 0.25) is 0 Å². The van der Waals surface area contributed by atoms with Crippen LogP contribution in [0.3, 0.4) is 0 Å². The van der Waals surface area contributed by atoms with Crippen LogP contribution in [0.4, 0.5) is 5.69 Å². The Morgan fingerprint density at radius 1 is 0.971 bits per heavy atom. The maximum absolute atomic E-state index is 12.6. The summed E-state index contributed by atoms with van der Waals surface area (Å²) in [5.74, 6) is 0.0776. The van der Waals surface area contributed by atoms with Gasteiger partial charge in [-0.05, 0) is 48.4 Å². The lowest BCUT2D eigenvalue weighted by Gasteiger charge is -2.12. The molecule has 34 heavy (non-hydrogen) atoms. The molecule has 8 nitrogen and oxygen atoms in total. The van der Waals surface area contributed by atoms with Crippen LogP contribution in [-0.4, -0.2) is 36.7 Å². The Balaban J connectivity index is 1.54. The largest absolute Gasteiger partial charge is 0.478 e. The van der Waals surface area contributed by atoms with Crippen LogP contribution in [0.25, 0.3) is 11.4 Å². The monoisotopic (exact) mass is 455 g/mol. The van der Waals surface area contributed by atoms with Crippen LogP contribution in [0.1, 0.15) is 51.9 Å². The number of aromatic nitrogens is 4. The summed E-state index contributed by atoms with van der Waals surface area (Å²) in [5, 5.41) is 20.9. The molecule has 2 heterocycles. The van der Waals surface area contributed by atoms with Crippen molar-refractivity contribution in [2.45, 2.75) is 32.7 Å². The number of benzene rings is 2. The molecule has 2 aromatic heterocycles. The molecule has 0 aliphatic rings. The van der Waals surface area contributed by atoms with E-state index in [0.29, 0.717) is 12.2 Å². The topological polar surface area (TPSA) is 110 Å². The molecular formula is C26H25N5O3. The van der Waals surface area contributed by atoms with E-state index < -0.39 is 11.9 Å². The normalized spacial score (nSPS) is 10.7. The van der Waals surface area contributed by atoms with E-state index in [1.165, 1.54) is 12.1 Å². The Morgan fingerprint density at radius 2 is 1.74 bits per heavy atom. The van der Waals surface area contributed by atoms with Gasteiger partial charge in [-0.1, -0.05) is 37.6 Å². The van der Waals surface area contributed by atoms with E-state index in [4.69, 9.17) is 0 Å². The van der Waals surface area contributed by atoms with Crippen LogP contribution in [0.5, 0.6) is 0 Å². The molecule has 2 aromatic carbocycles. The highest BCUT2D eigenvalue weighted by Crippen LogP contribution is 2.21. The maximum atomic E-state index is 12.6. The fourth-order valence-electron chi connectivity index (χ4n) is 3.67. The first-order valence-corrected chi connectivity index (χ1v) is 11.1. The van der Waals surface area contributed by atoms with Crippen molar-refractivity contribution in [3.8, 4) is 11.4 Å². The molecule has 0 aliphatic heterocycles. The van der Waals surface area contributed by atoms with Crippen LogP contribution in [0, 0.1) is 0 Å². The summed E-state index contributed by atoms with van der Waals surface area (Å²) in [7, 11) is 0. The van der Waals surface area contributed by atoms with E-state index in [-0.39, 0.29) is 11.1 Å². The molecular weight excluding hydrogens is 430 g/mol. The molecule has 0 atom stereocenters. The smallest absolute Gasteiger partial charge is 0.336 e. The average molecular weight is 456 g/mol. The SMILES string of the molecule is CCCCc1nnc(-c2cccnc2)n1Cc1ccc(NC(=O)c2ccccc2C(=O)O)cc1. The van der Waals surface area contributed by atoms with E-state index in [1.54, 1.807) is 36.7 Å². The molecule has 0 fully saturated rings. The Kier molecular flexibility index (Phi) is 7.07. The molecule has 4 rings (SSSR count). The van der Waals surface area contributed by atoms with Gasteiger partial charge >= 0.3 is 5.97 Å². The van der Waals surface area contributed by atoms with Crippen molar-refractivity contribution >= 4 is 17.6 Å². The molecule has 8 heteroatoms. The number of hydrogen-bond acceptors (Lipinski definition) is 5. The molecule has 0 aliphatic carbocycles. The van der Waals surface area contributed by atoms with Gasteiger partial charge in [-0.3, -0.25) is 9.78 Å².